The van der Waals surface area contributed by atoms with Crippen LogP contribution in [0.15, 0.2) is 30.3 Å². The van der Waals surface area contributed by atoms with Crippen molar-refractivity contribution in [3.8, 4) is 10.4 Å². The maximum absolute atomic E-state index is 4.89. The lowest BCUT2D eigenvalue weighted by Gasteiger charge is -2.03. The first-order valence-electron chi connectivity index (χ1n) is 7.61. The van der Waals surface area contributed by atoms with Crippen LogP contribution in [0.1, 0.15) is 36.9 Å². The number of nitrogens with zero attached hydrogens (tertiary/aromatic N) is 1. The van der Waals surface area contributed by atoms with Crippen LogP contribution in [-0.2, 0) is 13.0 Å². The summed E-state index contributed by atoms with van der Waals surface area (Å²) >= 11 is 1.89. The van der Waals surface area contributed by atoms with Gasteiger partial charge in [0, 0.05) is 13.0 Å². The van der Waals surface area contributed by atoms with E-state index in [2.05, 4.69) is 42.6 Å². The number of aromatic nitrogens is 1. The van der Waals surface area contributed by atoms with Crippen LogP contribution in [0.4, 0.5) is 0 Å². The highest BCUT2D eigenvalue weighted by molar-refractivity contribution is 7.15. The van der Waals surface area contributed by atoms with Gasteiger partial charge in [0.2, 0.25) is 0 Å². The molecule has 0 spiro atoms. The Morgan fingerprint density at radius 1 is 1.25 bits per heavy atom. The minimum absolute atomic E-state index is 0.888. The highest BCUT2D eigenvalue weighted by Gasteiger charge is 2.24. The summed E-state index contributed by atoms with van der Waals surface area (Å²) in [5.74, 6) is 0.904. The van der Waals surface area contributed by atoms with Crippen molar-refractivity contribution in [3.63, 3.8) is 0 Å². The van der Waals surface area contributed by atoms with Gasteiger partial charge >= 0.3 is 0 Å². The van der Waals surface area contributed by atoms with Crippen molar-refractivity contribution < 1.29 is 0 Å². The topological polar surface area (TPSA) is 24.9 Å². The number of hydrogen-bond acceptors (Lipinski definition) is 3. The van der Waals surface area contributed by atoms with E-state index in [0.29, 0.717) is 0 Å². The fraction of sp³-hybridized carbons (Fsp3) is 0.471. The molecule has 20 heavy (non-hydrogen) atoms. The van der Waals surface area contributed by atoms with Crippen LogP contribution in [0.3, 0.4) is 0 Å². The maximum Gasteiger partial charge on any atom is 0.0938 e. The van der Waals surface area contributed by atoms with Crippen molar-refractivity contribution in [2.75, 3.05) is 6.54 Å². The summed E-state index contributed by atoms with van der Waals surface area (Å²) < 4.78 is 0. The van der Waals surface area contributed by atoms with Crippen molar-refractivity contribution in [1.29, 1.82) is 0 Å². The summed E-state index contributed by atoms with van der Waals surface area (Å²) in [6.07, 6.45) is 5.13. The molecule has 0 aliphatic heterocycles. The molecule has 0 bridgehead atoms. The van der Waals surface area contributed by atoms with Gasteiger partial charge in [-0.1, -0.05) is 37.3 Å². The first-order chi connectivity index (χ1) is 9.86. The van der Waals surface area contributed by atoms with Gasteiger partial charge in [0.25, 0.3) is 0 Å². The number of thiazole rings is 1. The van der Waals surface area contributed by atoms with Crippen LogP contribution < -0.4 is 5.32 Å². The van der Waals surface area contributed by atoms with Crippen molar-refractivity contribution in [2.45, 2.75) is 39.2 Å². The summed E-state index contributed by atoms with van der Waals surface area (Å²) in [6.45, 7) is 4.15. The molecule has 0 amide bonds. The Balaban J connectivity index is 1.82. The lowest BCUT2D eigenvalue weighted by atomic mass is 10.1. The van der Waals surface area contributed by atoms with Gasteiger partial charge in [-0.25, -0.2) is 4.98 Å². The molecule has 1 fully saturated rings. The van der Waals surface area contributed by atoms with E-state index in [9.17, 15) is 0 Å². The molecule has 0 atom stereocenters. The zero-order valence-electron chi connectivity index (χ0n) is 12.1. The molecule has 3 heteroatoms. The van der Waals surface area contributed by atoms with E-state index in [1.165, 1.54) is 46.8 Å². The summed E-state index contributed by atoms with van der Waals surface area (Å²) in [6, 6.07) is 10.7. The van der Waals surface area contributed by atoms with Gasteiger partial charge in [0.05, 0.1) is 15.6 Å². The average Bonchev–Trinajstić information content (AvgIpc) is 3.20. The summed E-state index contributed by atoms with van der Waals surface area (Å²) in [4.78, 5) is 6.25. The van der Waals surface area contributed by atoms with Crippen LogP contribution in [-0.4, -0.2) is 11.5 Å². The zero-order chi connectivity index (χ0) is 13.8. The normalized spacial score (nSPS) is 14.7. The van der Waals surface area contributed by atoms with Crippen molar-refractivity contribution >= 4 is 11.3 Å². The molecule has 1 saturated carbocycles. The third kappa shape index (κ3) is 3.47. The van der Waals surface area contributed by atoms with Gasteiger partial charge in [-0.05, 0) is 37.3 Å². The predicted molar refractivity (Wildman–Crippen MR) is 86.0 cm³/mol. The Hall–Kier alpha value is -1.19. The molecule has 1 aliphatic carbocycles. The van der Waals surface area contributed by atoms with Crippen LogP contribution in [0.2, 0.25) is 0 Å². The van der Waals surface area contributed by atoms with Crippen molar-refractivity contribution in [3.05, 3.63) is 41.0 Å². The van der Waals surface area contributed by atoms with Crippen LogP contribution in [0.25, 0.3) is 10.4 Å². The van der Waals surface area contributed by atoms with E-state index in [-0.39, 0.29) is 0 Å². The van der Waals surface area contributed by atoms with E-state index in [1.54, 1.807) is 0 Å². The molecule has 1 aliphatic rings. The highest BCUT2D eigenvalue weighted by Crippen LogP contribution is 2.37. The van der Waals surface area contributed by atoms with Gasteiger partial charge in [-0.3, -0.25) is 0 Å². The lowest BCUT2D eigenvalue weighted by Crippen LogP contribution is -2.14. The quantitative estimate of drug-likeness (QED) is 0.769. The SMILES string of the molecule is CCCNCc1nc(CC2CC2)sc1-c1ccccc1. The Morgan fingerprint density at radius 2 is 2.05 bits per heavy atom. The van der Waals surface area contributed by atoms with Gasteiger partial charge in [-0.2, -0.15) is 0 Å². The largest absolute Gasteiger partial charge is 0.311 e. The number of benzene rings is 1. The Kier molecular flexibility index (Phi) is 4.48. The molecular formula is C17H22N2S. The second-order valence-electron chi connectivity index (χ2n) is 5.57. The molecular weight excluding hydrogens is 264 g/mol. The minimum Gasteiger partial charge on any atom is -0.311 e. The zero-order valence-corrected chi connectivity index (χ0v) is 12.9. The van der Waals surface area contributed by atoms with Gasteiger partial charge in [0.1, 0.15) is 0 Å². The Labute approximate surface area is 125 Å². The first-order valence-corrected chi connectivity index (χ1v) is 8.43. The fourth-order valence-electron chi connectivity index (χ4n) is 2.38. The van der Waals surface area contributed by atoms with E-state index in [1.807, 2.05) is 11.3 Å². The molecule has 1 aromatic carbocycles. The molecule has 106 valence electrons. The summed E-state index contributed by atoms with van der Waals surface area (Å²) in [5.41, 5.74) is 2.53. The number of hydrogen-bond donors (Lipinski definition) is 1. The van der Waals surface area contributed by atoms with Crippen LogP contribution in [0.5, 0.6) is 0 Å². The highest BCUT2D eigenvalue weighted by atomic mass is 32.1. The third-order valence-corrected chi connectivity index (χ3v) is 4.83. The average molecular weight is 286 g/mol. The van der Waals surface area contributed by atoms with Crippen molar-refractivity contribution in [1.82, 2.24) is 10.3 Å². The van der Waals surface area contributed by atoms with E-state index < -0.39 is 0 Å². The van der Waals surface area contributed by atoms with E-state index in [4.69, 9.17) is 4.98 Å². The molecule has 1 heterocycles. The van der Waals surface area contributed by atoms with E-state index in [0.717, 1.165) is 19.0 Å². The third-order valence-electron chi connectivity index (χ3n) is 3.66. The standard InChI is InChI=1S/C17H22N2S/c1-2-10-18-12-15-17(14-6-4-3-5-7-14)20-16(19-15)11-13-8-9-13/h3-7,13,18H,2,8-12H2,1H3. The number of rotatable bonds is 7. The minimum atomic E-state index is 0.888. The maximum atomic E-state index is 4.89. The van der Waals surface area contributed by atoms with Crippen LogP contribution >= 0.6 is 11.3 Å². The summed E-state index contributed by atoms with van der Waals surface area (Å²) in [7, 11) is 0. The Morgan fingerprint density at radius 3 is 2.75 bits per heavy atom. The molecule has 0 unspecified atom stereocenters. The lowest BCUT2D eigenvalue weighted by molar-refractivity contribution is 0.664. The fourth-order valence-corrected chi connectivity index (χ4v) is 3.58. The molecule has 1 aromatic heterocycles. The van der Waals surface area contributed by atoms with Crippen molar-refractivity contribution in [2.24, 2.45) is 5.92 Å². The molecule has 2 aromatic rings. The molecule has 0 saturated heterocycles. The monoisotopic (exact) mass is 286 g/mol. The number of nitrogens with one attached hydrogen (secondary N) is 1. The molecule has 3 rings (SSSR count). The molecule has 2 nitrogen and oxygen atoms in total. The Bertz CT molecular complexity index is 543. The molecule has 1 N–H and O–H groups in total. The van der Waals surface area contributed by atoms with E-state index >= 15 is 0 Å². The van der Waals surface area contributed by atoms with Crippen LogP contribution in [0, 0.1) is 5.92 Å². The molecule has 0 radical (unpaired) electrons. The van der Waals surface area contributed by atoms with Gasteiger partial charge in [-0.15, -0.1) is 11.3 Å². The predicted octanol–water partition coefficient (Wildman–Crippen LogP) is 4.26. The summed E-state index contributed by atoms with van der Waals surface area (Å²) in [5, 5.41) is 4.81. The van der Waals surface area contributed by atoms with Gasteiger partial charge < -0.3 is 5.32 Å². The van der Waals surface area contributed by atoms with Gasteiger partial charge in [0.15, 0.2) is 0 Å². The second kappa shape index (κ2) is 6.51. The second-order valence-corrected chi connectivity index (χ2v) is 6.66. The smallest absolute Gasteiger partial charge is 0.0938 e. The first kappa shape index (κ1) is 13.8.